The van der Waals surface area contributed by atoms with E-state index in [1.165, 1.54) is 12.8 Å². The summed E-state index contributed by atoms with van der Waals surface area (Å²) in [6.45, 7) is 5.42. The molecule has 2 atom stereocenters. The molecule has 1 aliphatic rings. The van der Waals surface area contributed by atoms with Crippen LogP contribution in [-0.2, 0) is 6.42 Å². The van der Waals surface area contributed by atoms with Crippen LogP contribution >= 0.6 is 11.8 Å². The lowest BCUT2D eigenvalue weighted by atomic mass is 10.1. The second-order valence-electron chi connectivity index (χ2n) is 4.84. The van der Waals surface area contributed by atoms with E-state index in [-0.39, 0.29) is 0 Å². The maximum absolute atomic E-state index is 5.34. The molecule has 0 amide bonds. The van der Waals surface area contributed by atoms with Crippen molar-refractivity contribution in [3.63, 3.8) is 0 Å². The summed E-state index contributed by atoms with van der Waals surface area (Å²) in [7, 11) is 0. The number of nitrogens with one attached hydrogen (secondary N) is 1. The Balaban J connectivity index is 1.67. The summed E-state index contributed by atoms with van der Waals surface area (Å²) in [5.41, 5.74) is 0. The van der Waals surface area contributed by atoms with E-state index in [1.54, 1.807) is 6.26 Å². The van der Waals surface area contributed by atoms with Crippen LogP contribution in [0.1, 0.15) is 38.9 Å². The predicted octanol–water partition coefficient (Wildman–Crippen LogP) is 3.46. The van der Waals surface area contributed by atoms with E-state index in [2.05, 4.69) is 24.2 Å². The van der Waals surface area contributed by atoms with Gasteiger partial charge < -0.3 is 9.73 Å². The summed E-state index contributed by atoms with van der Waals surface area (Å²) in [5.74, 6) is 1.06. The fraction of sp³-hybridized carbons (Fsp3) is 0.643. The van der Waals surface area contributed by atoms with Crippen LogP contribution in [0, 0.1) is 0 Å². The van der Waals surface area contributed by atoms with Crippen LogP contribution in [0.3, 0.4) is 0 Å². The Bertz CT molecular complexity index is 375. The zero-order valence-corrected chi connectivity index (χ0v) is 12.0. The van der Waals surface area contributed by atoms with Crippen molar-refractivity contribution in [3.05, 3.63) is 24.2 Å². The molecule has 0 spiro atoms. The number of furan rings is 1. The van der Waals surface area contributed by atoms with Crippen molar-refractivity contribution in [1.82, 2.24) is 5.32 Å². The van der Waals surface area contributed by atoms with E-state index in [0.717, 1.165) is 30.3 Å². The van der Waals surface area contributed by atoms with Gasteiger partial charge in [-0.1, -0.05) is 25.1 Å². The first kappa shape index (κ1) is 13.5. The molecule has 2 heterocycles. The number of hydrogen-bond donors (Lipinski definition) is 1. The summed E-state index contributed by atoms with van der Waals surface area (Å²) < 4.78 is 5.34. The number of amidine groups is 1. The maximum Gasteiger partial charge on any atom is 0.157 e. The van der Waals surface area contributed by atoms with Crippen LogP contribution in [0.2, 0.25) is 0 Å². The molecule has 2 rings (SSSR count). The average Bonchev–Trinajstić information content (AvgIpc) is 2.99. The summed E-state index contributed by atoms with van der Waals surface area (Å²) in [5, 5.41) is 5.32. The zero-order chi connectivity index (χ0) is 12.8. The molecule has 0 aliphatic carbocycles. The summed E-state index contributed by atoms with van der Waals surface area (Å²) in [6.07, 6.45) is 6.30. The number of aliphatic imine (C=N–C) groups is 1. The third kappa shape index (κ3) is 4.09. The van der Waals surface area contributed by atoms with Crippen molar-refractivity contribution in [3.8, 4) is 0 Å². The lowest BCUT2D eigenvalue weighted by Gasteiger charge is -2.14. The smallest absolute Gasteiger partial charge is 0.157 e. The molecule has 100 valence electrons. The lowest BCUT2D eigenvalue weighted by molar-refractivity contribution is 0.483. The minimum absolute atomic E-state index is 0.446. The van der Waals surface area contributed by atoms with Gasteiger partial charge in [0.25, 0.3) is 0 Å². The highest BCUT2D eigenvalue weighted by molar-refractivity contribution is 8.14. The molecule has 1 aromatic heterocycles. The van der Waals surface area contributed by atoms with E-state index < -0.39 is 0 Å². The van der Waals surface area contributed by atoms with Gasteiger partial charge >= 0.3 is 0 Å². The van der Waals surface area contributed by atoms with Gasteiger partial charge in [-0.05, 0) is 31.9 Å². The Hall–Kier alpha value is -0.900. The fourth-order valence-corrected chi connectivity index (χ4v) is 3.30. The van der Waals surface area contributed by atoms with Gasteiger partial charge in [0.1, 0.15) is 5.76 Å². The lowest BCUT2D eigenvalue weighted by Crippen LogP contribution is -2.30. The minimum atomic E-state index is 0.446. The van der Waals surface area contributed by atoms with Gasteiger partial charge in [-0.25, -0.2) is 0 Å². The molecule has 0 saturated heterocycles. The van der Waals surface area contributed by atoms with Crippen molar-refractivity contribution in [1.29, 1.82) is 0 Å². The Morgan fingerprint density at radius 2 is 2.50 bits per heavy atom. The first-order valence-corrected chi connectivity index (χ1v) is 7.66. The number of aryl methyl sites for hydroxylation is 1. The zero-order valence-electron chi connectivity index (χ0n) is 11.2. The van der Waals surface area contributed by atoms with E-state index in [1.807, 2.05) is 23.9 Å². The monoisotopic (exact) mass is 266 g/mol. The Morgan fingerprint density at radius 3 is 3.22 bits per heavy atom. The van der Waals surface area contributed by atoms with Crippen molar-refractivity contribution >= 4 is 16.9 Å². The predicted molar refractivity (Wildman–Crippen MR) is 78.2 cm³/mol. The molecule has 0 radical (unpaired) electrons. The van der Waals surface area contributed by atoms with Gasteiger partial charge in [0.15, 0.2) is 5.17 Å². The number of nitrogens with zero attached hydrogens (tertiary/aromatic N) is 1. The van der Waals surface area contributed by atoms with Crippen molar-refractivity contribution in [2.45, 2.75) is 50.8 Å². The molecule has 1 aliphatic heterocycles. The molecule has 4 heteroatoms. The van der Waals surface area contributed by atoms with Crippen LogP contribution in [-0.4, -0.2) is 23.0 Å². The van der Waals surface area contributed by atoms with Crippen molar-refractivity contribution in [2.24, 2.45) is 4.99 Å². The van der Waals surface area contributed by atoms with Crippen LogP contribution in [0.5, 0.6) is 0 Å². The Morgan fingerprint density at radius 1 is 1.61 bits per heavy atom. The quantitative estimate of drug-likeness (QED) is 0.856. The molecule has 3 nitrogen and oxygen atoms in total. The first-order valence-electron chi connectivity index (χ1n) is 6.78. The molecule has 0 aromatic carbocycles. The highest BCUT2D eigenvalue weighted by atomic mass is 32.2. The Labute approximate surface area is 113 Å². The molecule has 0 saturated carbocycles. The first-order chi connectivity index (χ1) is 8.78. The SMILES string of the molecule is CCCC1CN=C(NC(C)CCc2ccco2)S1. The molecule has 18 heavy (non-hydrogen) atoms. The average molecular weight is 266 g/mol. The largest absolute Gasteiger partial charge is 0.469 e. The molecule has 0 bridgehead atoms. The van der Waals surface area contributed by atoms with Crippen LogP contribution in [0.25, 0.3) is 0 Å². The number of thioether (sulfide) groups is 1. The fourth-order valence-electron chi connectivity index (χ4n) is 2.07. The topological polar surface area (TPSA) is 37.5 Å². The van der Waals surface area contributed by atoms with Gasteiger partial charge in [-0.2, -0.15) is 0 Å². The number of hydrogen-bond acceptors (Lipinski definition) is 4. The van der Waals surface area contributed by atoms with Gasteiger partial charge in [-0.15, -0.1) is 0 Å². The highest BCUT2D eigenvalue weighted by Crippen LogP contribution is 2.24. The van der Waals surface area contributed by atoms with Crippen LogP contribution < -0.4 is 5.32 Å². The van der Waals surface area contributed by atoms with Crippen molar-refractivity contribution < 1.29 is 4.42 Å². The third-order valence-corrected chi connectivity index (χ3v) is 4.29. The van der Waals surface area contributed by atoms with E-state index >= 15 is 0 Å². The maximum atomic E-state index is 5.34. The van der Waals surface area contributed by atoms with Gasteiger partial charge in [0.2, 0.25) is 0 Å². The summed E-state index contributed by atoms with van der Waals surface area (Å²) in [6, 6.07) is 4.42. The normalized spacial score (nSPS) is 20.8. The van der Waals surface area contributed by atoms with Crippen LogP contribution in [0.15, 0.2) is 27.8 Å². The molecule has 2 unspecified atom stereocenters. The number of rotatable bonds is 6. The third-order valence-electron chi connectivity index (χ3n) is 3.10. The Kier molecular flexibility index (Phi) is 5.17. The molecule has 1 aromatic rings. The molecular weight excluding hydrogens is 244 g/mol. The van der Waals surface area contributed by atoms with Gasteiger partial charge in [0, 0.05) is 17.7 Å². The van der Waals surface area contributed by atoms with Gasteiger partial charge in [0.05, 0.1) is 12.8 Å². The van der Waals surface area contributed by atoms with E-state index in [0.29, 0.717) is 11.3 Å². The molecular formula is C14H22N2OS. The van der Waals surface area contributed by atoms with Gasteiger partial charge in [-0.3, -0.25) is 4.99 Å². The van der Waals surface area contributed by atoms with Crippen molar-refractivity contribution in [2.75, 3.05) is 6.54 Å². The second kappa shape index (κ2) is 6.88. The van der Waals surface area contributed by atoms with E-state index in [4.69, 9.17) is 4.42 Å². The molecule has 0 fully saturated rings. The second-order valence-corrected chi connectivity index (χ2v) is 6.13. The van der Waals surface area contributed by atoms with Crippen LogP contribution in [0.4, 0.5) is 0 Å². The summed E-state index contributed by atoms with van der Waals surface area (Å²) in [4.78, 5) is 4.57. The molecule has 1 N–H and O–H groups in total. The standard InChI is InChI=1S/C14H22N2OS/c1-3-5-13-10-15-14(18-13)16-11(2)7-8-12-6-4-9-17-12/h4,6,9,11,13H,3,5,7-8,10H2,1-2H3,(H,15,16). The van der Waals surface area contributed by atoms with E-state index in [9.17, 15) is 0 Å². The minimum Gasteiger partial charge on any atom is -0.469 e. The highest BCUT2D eigenvalue weighted by Gasteiger charge is 2.19. The summed E-state index contributed by atoms with van der Waals surface area (Å²) >= 11 is 1.90.